The Bertz CT molecular complexity index is 904. The maximum Gasteiger partial charge on any atom is 0.417 e. The highest BCUT2D eigenvalue weighted by Gasteiger charge is 2.32. The van der Waals surface area contributed by atoms with Crippen LogP contribution in [0, 0.1) is 10.1 Å². The number of amides is 1. The molecule has 2 aromatic rings. The first-order valence-electron chi connectivity index (χ1n) is 8.04. The van der Waals surface area contributed by atoms with Gasteiger partial charge in [0.05, 0.1) is 22.6 Å². The molecule has 0 saturated carbocycles. The SMILES string of the molecule is NC(=O)c1cc([N+](=O)[O-])cnc1N1CCC(Oc2ccc(C(F)(F)F)cn2)C1. The number of hydrogen-bond acceptors (Lipinski definition) is 7. The summed E-state index contributed by atoms with van der Waals surface area (Å²) in [6.07, 6.45) is -2.71. The van der Waals surface area contributed by atoms with Crippen LogP contribution in [0.4, 0.5) is 24.7 Å². The van der Waals surface area contributed by atoms with Gasteiger partial charge in [0.15, 0.2) is 0 Å². The van der Waals surface area contributed by atoms with E-state index < -0.39 is 28.7 Å². The van der Waals surface area contributed by atoms with E-state index >= 15 is 0 Å². The van der Waals surface area contributed by atoms with Crippen LogP contribution in [0.1, 0.15) is 22.3 Å². The Morgan fingerprint density at radius 1 is 1.32 bits per heavy atom. The molecule has 12 heteroatoms. The zero-order valence-corrected chi connectivity index (χ0v) is 14.2. The lowest BCUT2D eigenvalue weighted by Gasteiger charge is -2.19. The largest absolute Gasteiger partial charge is 0.472 e. The molecule has 1 aliphatic rings. The third-order valence-corrected chi connectivity index (χ3v) is 4.12. The summed E-state index contributed by atoms with van der Waals surface area (Å²) in [7, 11) is 0. The fourth-order valence-electron chi connectivity index (χ4n) is 2.78. The molecule has 0 aliphatic carbocycles. The van der Waals surface area contributed by atoms with Crippen molar-refractivity contribution in [3.8, 4) is 5.88 Å². The minimum atomic E-state index is -4.48. The summed E-state index contributed by atoms with van der Waals surface area (Å²) in [5, 5.41) is 10.9. The lowest BCUT2D eigenvalue weighted by Crippen LogP contribution is -2.28. The molecule has 1 aliphatic heterocycles. The van der Waals surface area contributed by atoms with Crippen molar-refractivity contribution < 1.29 is 27.6 Å². The molecule has 0 bridgehead atoms. The number of carbonyl (C=O) groups is 1. The number of pyridine rings is 2. The summed E-state index contributed by atoms with van der Waals surface area (Å²) in [4.78, 5) is 31.1. The van der Waals surface area contributed by atoms with Crippen molar-refractivity contribution in [2.45, 2.75) is 18.7 Å². The summed E-state index contributed by atoms with van der Waals surface area (Å²) in [6, 6.07) is 3.05. The summed E-state index contributed by atoms with van der Waals surface area (Å²) < 4.78 is 43.3. The maximum absolute atomic E-state index is 12.6. The van der Waals surface area contributed by atoms with E-state index in [1.54, 1.807) is 4.90 Å². The monoisotopic (exact) mass is 397 g/mol. The average molecular weight is 397 g/mol. The molecule has 1 fully saturated rings. The lowest BCUT2D eigenvalue weighted by atomic mass is 10.2. The lowest BCUT2D eigenvalue weighted by molar-refractivity contribution is -0.385. The quantitative estimate of drug-likeness (QED) is 0.605. The van der Waals surface area contributed by atoms with Gasteiger partial charge < -0.3 is 15.4 Å². The first-order chi connectivity index (χ1) is 13.1. The van der Waals surface area contributed by atoms with E-state index in [0.717, 1.165) is 24.4 Å². The highest BCUT2D eigenvalue weighted by molar-refractivity contribution is 5.98. The Labute approximate surface area is 156 Å². The Balaban J connectivity index is 1.72. The van der Waals surface area contributed by atoms with E-state index in [-0.39, 0.29) is 29.5 Å². The molecule has 3 heterocycles. The predicted octanol–water partition coefficient (Wildman–Crippen LogP) is 2.16. The van der Waals surface area contributed by atoms with Crippen molar-refractivity contribution in [2.75, 3.05) is 18.0 Å². The van der Waals surface area contributed by atoms with Crippen molar-refractivity contribution >= 4 is 17.4 Å². The number of aromatic nitrogens is 2. The molecule has 3 rings (SSSR count). The molecule has 2 N–H and O–H groups in total. The van der Waals surface area contributed by atoms with Crippen LogP contribution in [0.5, 0.6) is 5.88 Å². The Morgan fingerprint density at radius 2 is 2.07 bits per heavy atom. The summed E-state index contributed by atoms with van der Waals surface area (Å²) in [5.74, 6) is -0.642. The van der Waals surface area contributed by atoms with Crippen LogP contribution >= 0.6 is 0 Å². The fourth-order valence-corrected chi connectivity index (χ4v) is 2.78. The molecule has 1 unspecified atom stereocenters. The van der Waals surface area contributed by atoms with Crippen molar-refractivity contribution in [3.63, 3.8) is 0 Å². The molecule has 0 spiro atoms. The fraction of sp³-hybridized carbons (Fsp3) is 0.312. The smallest absolute Gasteiger partial charge is 0.417 e. The maximum atomic E-state index is 12.6. The number of rotatable bonds is 5. The van der Waals surface area contributed by atoms with Crippen LogP contribution in [0.2, 0.25) is 0 Å². The molecule has 2 aromatic heterocycles. The van der Waals surface area contributed by atoms with Crippen LogP contribution in [-0.4, -0.2) is 40.0 Å². The van der Waals surface area contributed by atoms with Crippen molar-refractivity contribution in [3.05, 3.63) is 51.8 Å². The van der Waals surface area contributed by atoms with Crippen molar-refractivity contribution in [1.29, 1.82) is 0 Å². The van der Waals surface area contributed by atoms with Crippen LogP contribution in [0.25, 0.3) is 0 Å². The van der Waals surface area contributed by atoms with Crippen LogP contribution in [-0.2, 0) is 6.18 Å². The summed E-state index contributed by atoms with van der Waals surface area (Å²) >= 11 is 0. The highest BCUT2D eigenvalue weighted by Crippen LogP contribution is 2.30. The van der Waals surface area contributed by atoms with Gasteiger partial charge in [-0.05, 0) is 6.07 Å². The van der Waals surface area contributed by atoms with Gasteiger partial charge in [0.25, 0.3) is 11.6 Å². The Morgan fingerprint density at radius 3 is 2.64 bits per heavy atom. The molecular weight excluding hydrogens is 383 g/mol. The summed E-state index contributed by atoms with van der Waals surface area (Å²) in [6.45, 7) is 0.671. The minimum Gasteiger partial charge on any atom is -0.472 e. The van der Waals surface area contributed by atoms with E-state index in [0.29, 0.717) is 19.2 Å². The molecule has 0 aromatic carbocycles. The molecule has 148 valence electrons. The van der Waals surface area contributed by atoms with Crippen LogP contribution in [0.3, 0.4) is 0 Å². The van der Waals surface area contributed by atoms with E-state index in [1.807, 2.05) is 0 Å². The normalized spacial score (nSPS) is 16.8. The Kier molecular flexibility index (Phi) is 5.03. The molecule has 9 nitrogen and oxygen atoms in total. The van der Waals surface area contributed by atoms with Crippen molar-refractivity contribution in [2.24, 2.45) is 5.73 Å². The second-order valence-electron chi connectivity index (χ2n) is 6.04. The van der Waals surface area contributed by atoms with Gasteiger partial charge in [0.1, 0.15) is 18.1 Å². The molecule has 0 radical (unpaired) electrons. The number of carbonyl (C=O) groups excluding carboxylic acids is 1. The van der Waals surface area contributed by atoms with Gasteiger partial charge in [-0.1, -0.05) is 0 Å². The van der Waals surface area contributed by atoms with Gasteiger partial charge in [0, 0.05) is 31.3 Å². The highest BCUT2D eigenvalue weighted by atomic mass is 19.4. The number of ether oxygens (including phenoxy) is 1. The molecular formula is C16H14F3N5O4. The van der Waals surface area contributed by atoms with E-state index in [4.69, 9.17) is 10.5 Å². The number of alkyl halides is 3. The van der Waals surface area contributed by atoms with Gasteiger partial charge in [-0.2, -0.15) is 13.2 Å². The molecule has 28 heavy (non-hydrogen) atoms. The van der Waals surface area contributed by atoms with Crippen LogP contribution < -0.4 is 15.4 Å². The van der Waals surface area contributed by atoms with E-state index in [1.165, 1.54) is 0 Å². The third kappa shape index (κ3) is 4.10. The first-order valence-corrected chi connectivity index (χ1v) is 8.04. The number of nitro groups is 1. The first kappa shape index (κ1) is 19.3. The minimum absolute atomic E-state index is 0.0339. The van der Waals surface area contributed by atoms with Gasteiger partial charge in [-0.3, -0.25) is 14.9 Å². The van der Waals surface area contributed by atoms with Crippen molar-refractivity contribution in [1.82, 2.24) is 9.97 Å². The number of anilines is 1. The van der Waals surface area contributed by atoms with Crippen LogP contribution in [0.15, 0.2) is 30.6 Å². The Hall–Kier alpha value is -3.44. The topological polar surface area (TPSA) is 124 Å². The van der Waals surface area contributed by atoms with Gasteiger partial charge in [0.2, 0.25) is 5.88 Å². The molecule has 1 amide bonds. The number of nitrogens with two attached hydrogens (primary N) is 1. The van der Waals surface area contributed by atoms with Gasteiger partial charge in [-0.15, -0.1) is 0 Å². The zero-order valence-electron chi connectivity index (χ0n) is 14.2. The standard InChI is InChI=1S/C16H14F3N5O4/c17-16(18,19)9-1-2-13(21-6-9)28-11-3-4-23(8-11)15-12(14(20)25)5-10(7-22-15)24(26)27/h1-2,5-7,11H,3-4,8H2,(H2,20,25). The number of primary amides is 1. The zero-order chi connectivity index (χ0) is 20.5. The molecule has 1 atom stereocenters. The van der Waals surface area contributed by atoms with E-state index in [2.05, 4.69) is 9.97 Å². The summed E-state index contributed by atoms with van der Waals surface area (Å²) in [5.41, 5.74) is 3.96. The average Bonchev–Trinajstić information content (AvgIpc) is 3.09. The molecule has 1 saturated heterocycles. The second kappa shape index (κ2) is 7.29. The van der Waals surface area contributed by atoms with Gasteiger partial charge >= 0.3 is 6.18 Å². The third-order valence-electron chi connectivity index (χ3n) is 4.12. The predicted molar refractivity (Wildman–Crippen MR) is 89.9 cm³/mol. The number of hydrogen-bond donors (Lipinski definition) is 1. The van der Waals surface area contributed by atoms with Gasteiger partial charge in [-0.25, -0.2) is 9.97 Å². The number of halogens is 3. The number of nitrogens with zero attached hydrogens (tertiary/aromatic N) is 4. The second-order valence-corrected chi connectivity index (χ2v) is 6.04. The van der Waals surface area contributed by atoms with E-state index in [9.17, 15) is 28.1 Å².